The molecule has 0 aliphatic carbocycles. The minimum Gasteiger partial charge on any atom is -0.444 e. The van der Waals surface area contributed by atoms with E-state index in [0.717, 1.165) is 22.3 Å². The number of halogens is 1. The van der Waals surface area contributed by atoms with E-state index < -0.39 is 17.7 Å². The molecule has 0 spiro atoms. The predicted molar refractivity (Wildman–Crippen MR) is 101 cm³/mol. The van der Waals surface area contributed by atoms with Crippen molar-refractivity contribution in [2.45, 2.75) is 38.8 Å². The number of hydrogen-bond donors (Lipinski definition) is 1. The van der Waals surface area contributed by atoms with Gasteiger partial charge in [-0.15, -0.1) is 0 Å². The van der Waals surface area contributed by atoms with Gasteiger partial charge >= 0.3 is 6.09 Å². The summed E-state index contributed by atoms with van der Waals surface area (Å²) in [5.41, 5.74) is 3.85. The zero-order valence-electron chi connectivity index (χ0n) is 15.6. The van der Waals surface area contributed by atoms with Crippen LogP contribution in [0.5, 0.6) is 0 Å². The second-order valence-corrected chi connectivity index (χ2v) is 7.80. The third-order valence-corrected chi connectivity index (χ3v) is 4.67. The van der Waals surface area contributed by atoms with Crippen LogP contribution < -0.4 is 0 Å². The predicted octanol–water partition coefficient (Wildman–Crippen LogP) is 4.58. The molecule has 1 aliphatic heterocycles. The van der Waals surface area contributed by atoms with Crippen LogP contribution in [0.15, 0.2) is 42.6 Å². The van der Waals surface area contributed by atoms with Gasteiger partial charge in [0, 0.05) is 24.0 Å². The van der Waals surface area contributed by atoms with Gasteiger partial charge in [0.2, 0.25) is 0 Å². The second kappa shape index (κ2) is 6.37. The highest BCUT2D eigenvalue weighted by Crippen LogP contribution is 2.38. The molecule has 0 saturated heterocycles. The van der Waals surface area contributed by atoms with Crippen LogP contribution in [0.25, 0.3) is 11.0 Å². The van der Waals surface area contributed by atoms with Gasteiger partial charge in [-0.25, -0.2) is 9.18 Å². The molecule has 5 nitrogen and oxygen atoms in total. The fourth-order valence-electron chi connectivity index (χ4n) is 3.64. The second-order valence-electron chi connectivity index (χ2n) is 7.80. The molecule has 0 radical (unpaired) electrons. The molecule has 4 rings (SSSR count). The normalized spacial score (nSPS) is 17.0. The number of fused-ring (bicyclic) bond motifs is 3. The molecule has 6 heteroatoms. The summed E-state index contributed by atoms with van der Waals surface area (Å²) in [5, 5.41) is 0. The van der Waals surface area contributed by atoms with Gasteiger partial charge in [-0.05, 0) is 57.0 Å². The molecule has 1 aromatic carbocycles. The van der Waals surface area contributed by atoms with Gasteiger partial charge in [0.1, 0.15) is 17.5 Å². The molecule has 1 amide bonds. The van der Waals surface area contributed by atoms with Gasteiger partial charge in [-0.2, -0.15) is 0 Å². The van der Waals surface area contributed by atoms with E-state index >= 15 is 0 Å². The minimum absolute atomic E-state index is 0.335. The van der Waals surface area contributed by atoms with E-state index in [1.165, 1.54) is 12.1 Å². The van der Waals surface area contributed by atoms with Gasteiger partial charge in [0.25, 0.3) is 0 Å². The number of ether oxygens (including phenoxy) is 1. The fourth-order valence-corrected chi connectivity index (χ4v) is 3.64. The Labute approximate surface area is 157 Å². The van der Waals surface area contributed by atoms with Gasteiger partial charge in [-0.3, -0.25) is 9.88 Å². The summed E-state index contributed by atoms with van der Waals surface area (Å²) in [6.45, 7) is 5.99. The van der Waals surface area contributed by atoms with Crippen LogP contribution in [0.1, 0.15) is 43.6 Å². The first kappa shape index (κ1) is 17.5. The van der Waals surface area contributed by atoms with E-state index in [9.17, 15) is 9.18 Å². The van der Waals surface area contributed by atoms with E-state index in [1.807, 2.05) is 39.0 Å². The fraction of sp³-hybridized carbons (Fsp3) is 0.333. The van der Waals surface area contributed by atoms with Crippen molar-refractivity contribution in [3.8, 4) is 0 Å². The SMILES string of the molecule is CC(C)(C)OC(=O)N1CCc2c([nH]c3cccnc23)C1c1cccc(F)c1. The summed E-state index contributed by atoms with van der Waals surface area (Å²) < 4.78 is 19.6. The number of pyridine rings is 1. The lowest BCUT2D eigenvalue weighted by molar-refractivity contribution is 0.0175. The molecule has 1 N–H and O–H groups in total. The zero-order valence-corrected chi connectivity index (χ0v) is 15.6. The average Bonchev–Trinajstić information content (AvgIpc) is 2.98. The molecule has 0 bridgehead atoms. The molecule has 3 heterocycles. The number of aromatic amines is 1. The Balaban J connectivity index is 1.85. The number of carbonyl (C=O) groups excluding carboxylic acids is 1. The van der Waals surface area contributed by atoms with Crippen LogP contribution in [0.2, 0.25) is 0 Å². The van der Waals surface area contributed by atoms with E-state index in [2.05, 4.69) is 9.97 Å². The molecular weight excluding hydrogens is 345 g/mol. The number of amides is 1. The van der Waals surface area contributed by atoms with Crippen molar-refractivity contribution in [2.24, 2.45) is 0 Å². The molecule has 3 aromatic rings. The topological polar surface area (TPSA) is 58.2 Å². The van der Waals surface area contributed by atoms with Crippen molar-refractivity contribution < 1.29 is 13.9 Å². The van der Waals surface area contributed by atoms with Crippen molar-refractivity contribution in [3.05, 3.63) is 65.2 Å². The minimum atomic E-state index is -0.605. The monoisotopic (exact) mass is 367 g/mol. The maximum Gasteiger partial charge on any atom is 0.411 e. The van der Waals surface area contributed by atoms with Gasteiger partial charge < -0.3 is 9.72 Å². The van der Waals surface area contributed by atoms with Gasteiger partial charge in [0.05, 0.1) is 11.0 Å². The first-order valence-corrected chi connectivity index (χ1v) is 9.04. The number of hydrogen-bond acceptors (Lipinski definition) is 3. The Morgan fingerprint density at radius 2 is 2.11 bits per heavy atom. The number of aromatic nitrogens is 2. The lowest BCUT2D eigenvalue weighted by atomic mass is 9.93. The molecule has 1 aliphatic rings. The largest absolute Gasteiger partial charge is 0.444 e. The third kappa shape index (κ3) is 3.27. The highest BCUT2D eigenvalue weighted by molar-refractivity contribution is 5.82. The molecule has 1 atom stereocenters. The number of rotatable bonds is 1. The summed E-state index contributed by atoms with van der Waals surface area (Å²) >= 11 is 0. The highest BCUT2D eigenvalue weighted by Gasteiger charge is 2.37. The van der Waals surface area contributed by atoms with Crippen molar-refractivity contribution in [1.82, 2.24) is 14.9 Å². The first-order valence-electron chi connectivity index (χ1n) is 9.04. The Bertz CT molecular complexity index is 1010. The van der Waals surface area contributed by atoms with Crippen molar-refractivity contribution in [3.63, 3.8) is 0 Å². The average molecular weight is 367 g/mol. The van der Waals surface area contributed by atoms with Crippen LogP contribution in [-0.2, 0) is 11.2 Å². The van der Waals surface area contributed by atoms with Crippen LogP contribution in [0.4, 0.5) is 9.18 Å². The maximum absolute atomic E-state index is 13.9. The van der Waals surface area contributed by atoms with Crippen LogP contribution >= 0.6 is 0 Å². The third-order valence-electron chi connectivity index (χ3n) is 4.67. The highest BCUT2D eigenvalue weighted by atomic mass is 19.1. The standard InChI is InChI=1S/C21H22FN3O2/c1-21(2,3)27-20(26)25-11-9-15-17-16(8-5-10-23-17)24-18(15)19(25)13-6-4-7-14(22)12-13/h4-8,10,12,19,24H,9,11H2,1-3H3. The van der Waals surface area contributed by atoms with E-state index in [0.29, 0.717) is 18.5 Å². The number of carbonyl (C=O) groups is 1. The summed E-state index contributed by atoms with van der Waals surface area (Å²) in [6, 6.07) is 9.74. The Hall–Kier alpha value is -2.89. The molecule has 1 unspecified atom stereocenters. The maximum atomic E-state index is 13.9. The number of nitrogens with one attached hydrogen (secondary N) is 1. The summed E-state index contributed by atoms with van der Waals surface area (Å²) in [6.07, 6.45) is 2.01. The Morgan fingerprint density at radius 1 is 1.30 bits per heavy atom. The molecule has 140 valence electrons. The summed E-state index contributed by atoms with van der Waals surface area (Å²) in [5.74, 6) is -0.335. The van der Waals surface area contributed by atoms with Crippen molar-refractivity contribution in [2.75, 3.05) is 6.54 Å². The van der Waals surface area contributed by atoms with Crippen LogP contribution in [-0.4, -0.2) is 33.1 Å². The number of H-pyrrole nitrogens is 1. The van der Waals surface area contributed by atoms with Gasteiger partial charge in [-0.1, -0.05) is 12.1 Å². The molecule has 27 heavy (non-hydrogen) atoms. The quantitative estimate of drug-likeness (QED) is 0.685. The number of nitrogens with zero attached hydrogens (tertiary/aromatic N) is 2. The van der Waals surface area contributed by atoms with E-state index in [1.54, 1.807) is 17.2 Å². The lowest BCUT2D eigenvalue weighted by Crippen LogP contribution is -2.43. The van der Waals surface area contributed by atoms with Crippen molar-refractivity contribution in [1.29, 1.82) is 0 Å². The van der Waals surface area contributed by atoms with Crippen LogP contribution in [0.3, 0.4) is 0 Å². The van der Waals surface area contributed by atoms with Crippen molar-refractivity contribution >= 4 is 17.1 Å². The smallest absolute Gasteiger partial charge is 0.411 e. The summed E-state index contributed by atoms with van der Waals surface area (Å²) in [7, 11) is 0. The molecular formula is C21H22FN3O2. The first-order chi connectivity index (χ1) is 12.8. The number of benzene rings is 1. The molecule has 0 fully saturated rings. The molecule has 0 saturated carbocycles. The zero-order chi connectivity index (χ0) is 19.2. The van der Waals surface area contributed by atoms with Gasteiger partial charge in [0.15, 0.2) is 0 Å². The van der Waals surface area contributed by atoms with E-state index in [4.69, 9.17) is 4.74 Å². The Morgan fingerprint density at radius 3 is 2.85 bits per heavy atom. The Kier molecular flexibility index (Phi) is 4.13. The summed E-state index contributed by atoms with van der Waals surface area (Å²) in [4.78, 5) is 22.4. The lowest BCUT2D eigenvalue weighted by Gasteiger charge is -2.37. The van der Waals surface area contributed by atoms with Crippen LogP contribution in [0, 0.1) is 5.82 Å². The van der Waals surface area contributed by atoms with E-state index in [-0.39, 0.29) is 5.82 Å². The molecule has 2 aromatic heterocycles.